The van der Waals surface area contributed by atoms with Crippen LogP contribution < -0.4 is 5.32 Å². The smallest absolute Gasteiger partial charge is 0.251 e. The first kappa shape index (κ1) is 13.9. The molecule has 19 heavy (non-hydrogen) atoms. The molecule has 0 heterocycles. The van der Waals surface area contributed by atoms with Crippen LogP contribution in [0.1, 0.15) is 48.9 Å². The molecule has 0 bridgehead atoms. The second-order valence-corrected chi connectivity index (χ2v) is 5.19. The number of carbonyl (C=O) groups is 1. The number of phenolic OH excluding ortho intramolecular Hbond substituents is 1. The number of aromatic hydroxyl groups is 1. The van der Waals surface area contributed by atoms with Crippen molar-refractivity contribution < 1.29 is 15.0 Å². The van der Waals surface area contributed by atoms with E-state index in [1.54, 1.807) is 12.1 Å². The van der Waals surface area contributed by atoms with Gasteiger partial charge in [-0.1, -0.05) is 31.7 Å². The largest absolute Gasteiger partial charge is 0.508 e. The zero-order valence-electron chi connectivity index (χ0n) is 11.0. The van der Waals surface area contributed by atoms with Gasteiger partial charge >= 0.3 is 0 Å². The van der Waals surface area contributed by atoms with Gasteiger partial charge in [0.15, 0.2) is 0 Å². The van der Waals surface area contributed by atoms with Gasteiger partial charge in [-0.2, -0.15) is 0 Å². The number of hydrogen-bond acceptors (Lipinski definition) is 3. The predicted molar refractivity (Wildman–Crippen MR) is 73.1 cm³/mol. The number of amides is 1. The van der Waals surface area contributed by atoms with Crippen molar-refractivity contribution in [3.63, 3.8) is 0 Å². The minimum absolute atomic E-state index is 0.0749. The van der Waals surface area contributed by atoms with Crippen molar-refractivity contribution in [1.82, 2.24) is 5.32 Å². The van der Waals surface area contributed by atoms with Crippen LogP contribution in [0.4, 0.5) is 0 Å². The average molecular weight is 263 g/mol. The van der Waals surface area contributed by atoms with Crippen LogP contribution in [0, 0.1) is 0 Å². The number of hydrogen-bond donors (Lipinski definition) is 3. The van der Waals surface area contributed by atoms with E-state index in [2.05, 4.69) is 5.32 Å². The van der Waals surface area contributed by atoms with Gasteiger partial charge in [-0.3, -0.25) is 4.79 Å². The summed E-state index contributed by atoms with van der Waals surface area (Å²) in [4.78, 5) is 12.1. The molecule has 0 spiro atoms. The molecular formula is C15H21NO3. The molecule has 3 N–H and O–H groups in total. The van der Waals surface area contributed by atoms with Crippen molar-refractivity contribution in [1.29, 1.82) is 0 Å². The summed E-state index contributed by atoms with van der Waals surface area (Å²) in [6, 6.07) is 6.07. The maximum Gasteiger partial charge on any atom is 0.251 e. The zero-order chi connectivity index (χ0) is 13.7. The number of phenols is 1. The van der Waals surface area contributed by atoms with E-state index in [1.165, 1.54) is 12.1 Å². The molecule has 1 aromatic carbocycles. The van der Waals surface area contributed by atoms with Crippen molar-refractivity contribution >= 4 is 5.91 Å². The van der Waals surface area contributed by atoms with Gasteiger partial charge < -0.3 is 15.5 Å². The average Bonchev–Trinajstić information content (AvgIpc) is 2.38. The van der Waals surface area contributed by atoms with Crippen molar-refractivity contribution in [3.8, 4) is 5.75 Å². The highest BCUT2D eigenvalue weighted by Gasteiger charge is 2.22. The first-order chi connectivity index (χ1) is 9.16. The number of nitrogens with one attached hydrogen (secondary N) is 1. The van der Waals surface area contributed by atoms with E-state index in [1.807, 2.05) is 0 Å². The van der Waals surface area contributed by atoms with Crippen LogP contribution in [-0.4, -0.2) is 28.3 Å². The van der Waals surface area contributed by atoms with Crippen molar-refractivity contribution in [2.45, 2.75) is 50.7 Å². The summed E-state index contributed by atoms with van der Waals surface area (Å²) >= 11 is 0. The molecule has 0 aromatic heterocycles. The number of carbonyl (C=O) groups excluding carboxylic acids is 1. The van der Waals surface area contributed by atoms with Crippen molar-refractivity contribution in [2.24, 2.45) is 0 Å². The van der Waals surface area contributed by atoms with Gasteiger partial charge in [0.05, 0.1) is 12.1 Å². The third kappa shape index (κ3) is 3.96. The maximum absolute atomic E-state index is 12.1. The highest BCUT2D eigenvalue weighted by atomic mass is 16.3. The maximum atomic E-state index is 12.1. The molecule has 4 nitrogen and oxygen atoms in total. The van der Waals surface area contributed by atoms with Gasteiger partial charge in [0.2, 0.25) is 0 Å². The molecule has 1 saturated carbocycles. The third-order valence-corrected chi connectivity index (χ3v) is 3.65. The number of rotatable bonds is 2. The Bertz CT molecular complexity index is 433. The van der Waals surface area contributed by atoms with Gasteiger partial charge in [0.25, 0.3) is 5.91 Å². The first-order valence-corrected chi connectivity index (χ1v) is 6.95. The summed E-state index contributed by atoms with van der Waals surface area (Å²) in [6.45, 7) is 0. The van der Waals surface area contributed by atoms with Gasteiger partial charge in [0, 0.05) is 5.56 Å². The molecule has 1 aliphatic carbocycles. The second kappa shape index (κ2) is 6.57. The normalized spacial score (nSPS) is 24.3. The SMILES string of the molecule is O=C(N[C@H]1CCCCCC[C@@H]1O)c1cccc(O)c1. The highest BCUT2D eigenvalue weighted by molar-refractivity contribution is 5.94. The van der Waals surface area contributed by atoms with Crippen molar-refractivity contribution in [2.75, 3.05) is 0 Å². The van der Waals surface area contributed by atoms with E-state index in [-0.39, 0.29) is 17.7 Å². The lowest BCUT2D eigenvalue weighted by atomic mass is 9.94. The first-order valence-electron chi connectivity index (χ1n) is 6.95. The topological polar surface area (TPSA) is 69.6 Å². The van der Waals surface area contributed by atoms with E-state index in [9.17, 15) is 15.0 Å². The fraction of sp³-hybridized carbons (Fsp3) is 0.533. The molecule has 2 rings (SSSR count). The fourth-order valence-electron chi connectivity index (χ4n) is 2.53. The number of benzene rings is 1. The molecule has 0 unspecified atom stereocenters. The van der Waals surface area contributed by atoms with E-state index < -0.39 is 6.10 Å². The lowest BCUT2D eigenvalue weighted by Gasteiger charge is -2.26. The Balaban J connectivity index is 2.00. The minimum atomic E-state index is -0.471. The second-order valence-electron chi connectivity index (χ2n) is 5.19. The monoisotopic (exact) mass is 263 g/mol. The molecule has 1 amide bonds. The van der Waals surface area contributed by atoms with Crippen LogP contribution in [0.3, 0.4) is 0 Å². The molecule has 0 saturated heterocycles. The third-order valence-electron chi connectivity index (χ3n) is 3.65. The summed E-state index contributed by atoms with van der Waals surface area (Å²) < 4.78 is 0. The van der Waals surface area contributed by atoms with Gasteiger partial charge in [-0.25, -0.2) is 0 Å². The predicted octanol–water partition coefficient (Wildman–Crippen LogP) is 2.21. The summed E-state index contributed by atoms with van der Waals surface area (Å²) in [5.74, 6) is -0.161. The Labute approximate surface area is 113 Å². The molecule has 104 valence electrons. The lowest BCUT2D eigenvalue weighted by Crippen LogP contribution is -2.43. The van der Waals surface area contributed by atoms with Crippen LogP contribution >= 0.6 is 0 Å². The summed E-state index contributed by atoms with van der Waals surface area (Å²) in [5.41, 5.74) is 0.425. The van der Waals surface area contributed by atoms with Gasteiger partial charge in [-0.05, 0) is 31.0 Å². The standard InChI is InChI=1S/C15H21NO3/c17-12-7-5-6-11(10-12)15(19)16-13-8-3-1-2-4-9-14(13)18/h5-7,10,13-14,17-18H,1-4,8-9H2,(H,16,19)/t13-,14-/m0/s1. The van der Waals surface area contributed by atoms with E-state index in [4.69, 9.17) is 0 Å². The van der Waals surface area contributed by atoms with Crippen LogP contribution in [0.5, 0.6) is 5.75 Å². The number of aliphatic hydroxyl groups is 1. The Morgan fingerprint density at radius 3 is 2.63 bits per heavy atom. The van der Waals surface area contributed by atoms with Crippen molar-refractivity contribution in [3.05, 3.63) is 29.8 Å². The number of aliphatic hydroxyl groups excluding tert-OH is 1. The Hall–Kier alpha value is -1.55. The Kier molecular flexibility index (Phi) is 4.80. The quantitative estimate of drug-likeness (QED) is 0.766. The zero-order valence-corrected chi connectivity index (χ0v) is 11.0. The van der Waals surface area contributed by atoms with Crippen LogP contribution in [0.2, 0.25) is 0 Å². The molecule has 0 aliphatic heterocycles. The summed E-state index contributed by atoms with van der Waals surface area (Å²) in [7, 11) is 0. The lowest BCUT2D eigenvalue weighted by molar-refractivity contribution is 0.0771. The summed E-state index contributed by atoms with van der Waals surface area (Å²) in [5, 5.41) is 22.3. The van der Waals surface area contributed by atoms with Gasteiger partial charge in [-0.15, -0.1) is 0 Å². The highest BCUT2D eigenvalue weighted by Crippen LogP contribution is 2.18. The molecule has 1 aromatic rings. The van der Waals surface area contributed by atoms with Crippen LogP contribution in [0.25, 0.3) is 0 Å². The van der Waals surface area contributed by atoms with Gasteiger partial charge in [0.1, 0.15) is 5.75 Å². The molecule has 4 heteroatoms. The van der Waals surface area contributed by atoms with Crippen LogP contribution in [-0.2, 0) is 0 Å². The Morgan fingerprint density at radius 1 is 1.16 bits per heavy atom. The minimum Gasteiger partial charge on any atom is -0.508 e. The Morgan fingerprint density at radius 2 is 1.89 bits per heavy atom. The van der Waals surface area contributed by atoms with E-state index in [0.29, 0.717) is 5.56 Å². The molecule has 2 atom stereocenters. The fourth-order valence-corrected chi connectivity index (χ4v) is 2.53. The van der Waals surface area contributed by atoms with Crippen LogP contribution in [0.15, 0.2) is 24.3 Å². The molecule has 1 aliphatic rings. The molecular weight excluding hydrogens is 242 g/mol. The van der Waals surface area contributed by atoms with E-state index >= 15 is 0 Å². The summed E-state index contributed by atoms with van der Waals surface area (Å²) in [6.07, 6.45) is 5.44. The van der Waals surface area contributed by atoms with E-state index in [0.717, 1.165) is 38.5 Å². The molecule has 0 radical (unpaired) electrons. The molecule has 1 fully saturated rings.